The quantitative estimate of drug-likeness (QED) is 0.889. The van der Waals surface area contributed by atoms with Gasteiger partial charge in [0.2, 0.25) is 0 Å². The minimum atomic E-state index is -0.567. The summed E-state index contributed by atoms with van der Waals surface area (Å²) in [6.45, 7) is 2.18. The van der Waals surface area contributed by atoms with Gasteiger partial charge in [-0.2, -0.15) is 0 Å². The first-order valence-corrected chi connectivity index (χ1v) is 5.74. The summed E-state index contributed by atoms with van der Waals surface area (Å²) in [5, 5.41) is 12.2. The molecule has 0 saturated carbocycles. The lowest BCUT2D eigenvalue weighted by molar-refractivity contribution is 0.0947. The minimum Gasteiger partial charge on any atom is -0.507 e. The number of benzene rings is 1. The van der Waals surface area contributed by atoms with Crippen molar-refractivity contribution >= 4 is 5.91 Å². The minimum absolute atomic E-state index is 0.0771. The van der Waals surface area contributed by atoms with Crippen molar-refractivity contribution < 1.29 is 14.3 Å². The topological polar surface area (TPSA) is 62.2 Å². The normalized spacial score (nSPS) is 10.2. The molecule has 1 aromatic carbocycles. The van der Waals surface area contributed by atoms with Crippen LogP contribution in [0.2, 0.25) is 0 Å². The summed E-state index contributed by atoms with van der Waals surface area (Å²) in [7, 11) is 0. The molecule has 0 bridgehead atoms. The Bertz CT molecular complexity index is 614. The van der Waals surface area contributed by atoms with E-state index in [4.69, 9.17) is 0 Å². The molecule has 0 atom stereocenters. The highest BCUT2D eigenvalue weighted by atomic mass is 19.1. The smallest absolute Gasteiger partial charge is 0.255 e. The Morgan fingerprint density at radius 2 is 2.21 bits per heavy atom. The fraction of sp³-hybridized carbons (Fsp3) is 0.143. The fourth-order valence-electron chi connectivity index (χ4n) is 1.66. The number of aromatic hydroxyl groups is 1. The highest BCUT2D eigenvalue weighted by molar-refractivity contribution is 5.96. The van der Waals surface area contributed by atoms with Crippen molar-refractivity contribution in [1.29, 1.82) is 0 Å². The molecule has 4 nitrogen and oxygen atoms in total. The van der Waals surface area contributed by atoms with Crippen LogP contribution in [-0.2, 0) is 6.54 Å². The fourth-order valence-corrected chi connectivity index (χ4v) is 1.66. The zero-order valence-corrected chi connectivity index (χ0v) is 10.4. The van der Waals surface area contributed by atoms with Crippen LogP contribution >= 0.6 is 0 Å². The molecule has 2 aromatic rings. The average molecular weight is 260 g/mol. The average Bonchev–Trinajstić information content (AvgIpc) is 2.40. The van der Waals surface area contributed by atoms with Crippen LogP contribution < -0.4 is 5.32 Å². The van der Waals surface area contributed by atoms with Crippen LogP contribution in [0.1, 0.15) is 21.5 Å². The molecule has 0 aliphatic carbocycles. The predicted octanol–water partition coefficient (Wildman–Crippen LogP) is 2.16. The SMILES string of the molecule is Cc1cnccc1CNC(=O)c1cc(F)ccc1O. The maximum atomic E-state index is 13.0. The Morgan fingerprint density at radius 1 is 1.42 bits per heavy atom. The summed E-state index contributed by atoms with van der Waals surface area (Å²) in [4.78, 5) is 15.8. The number of hydrogen-bond acceptors (Lipinski definition) is 3. The molecule has 98 valence electrons. The molecule has 0 radical (unpaired) electrons. The lowest BCUT2D eigenvalue weighted by Gasteiger charge is -2.08. The summed E-state index contributed by atoms with van der Waals surface area (Å²) >= 11 is 0. The summed E-state index contributed by atoms with van der Waals surface area (Å²) in [5.74, 6) is -1.33. The van der Waals surface area contributed by atoms with Crippen LogP contribution in [0.4, 0.5) is 4.39 Å². The van der Waals surface area contributed by atoms with E-state index in [1.807, 2.05) is 6.92 Å². The van der Waals surface area contributed by atoms with Gasteiger partial charge < -0.3 is 10.4 Å². The monoisotopic (exact) mass is 260 g/mol. The van der Waals surface area contributed by atoms with E-state index in [0.717, 1.165) is 29.3 Å². The number of phenolic OH excluding ortho intramolecular Hbond substituents is 1. The molecule has 0 saturated heterocycles. The Morgan fingerprint density at radius 3 is 2.95 bits per heavy atom. The molecular formula is C14H13FN2O2. The molecule has 1 aromatic heterocycles. The van der Waals surface area contributed by atoms with Gasteiger partial charge in [-0.15, -0.1) is 0 Å². The summed E-state index contributed by atoms with van der Waals surface area (Å²) in [6.07, 6.45) is 3.33. The summed E-state index contributed by atoms with van der Waals surface area (Å²) < 4.78 is 13.0. The van der Waals surface area contributed by atoms with Gasteiger partial charge in [-0.05, 0) is 42.3 Å². The highest BCUT2D eigenvalue weighted by Crippen LogP contribution is 2.17. The second-order valence-electron chi connectivity index (χ2n) is 4.15. The van der Waals surface area contributed by atoms with Crippen LogP contribution in [-0.4, -0.2) is 16.0 Å². The number of aryl methyl sites for hydroxylation is 1. The molecule has 0 fully saturated rings. The van der Waals surface area contributed by atoms with Crippen molar-refractivity contribution in [2.45, 2.75) is 13.5 Å². The maximum Gasteiger partial charge on any atom is 0.255 e. The first-order chi connectivity index (χ1) is 9.08. The third-order valence-corrected chi connectivity index (χ3v) is 2.78. The van der Waals surface area contributed by atoms with Gasteiger partial charge in [0.05, 0.1) is 5.56 Å². The van der Waals surface area contributed by atoms with Crippen molar-refractivity contribution in [3.05, 3.63) is 59.2 Å². The molecule has 0 aliphatic heterocycles. The van der Waals surface area contributed by atoms with Crippen LogP contribution in [0.25, 0.3) is 0 Å². The zero-order valence-electron chi connectivity index (χ0n) is 10.4. The molecule has 0 unspecified atom stereocenters. The van der Waals surface area contributed by atoms with Crippen molar-refractivity contribution in [3.63, 3.8) is 0 Å². The Hall–Kier alpha value is -2.43. The first-order valence-electron chi connectivity index (χ1n) is 5.74. The van der Waals surface area contributed by atoms with Crippen molar-refractivity contribution in [2.75, 3.05) is 0 Å². The molecule has 5 heteroatoms. The van der Waals surface area contributed by atoms with Gasteiger partial charge >= 0.3 is 0 Å². The number of halogens is 1. The number of aromatic nitrogens is 1. The molecule has 2 rings (SSSR count). The second kappa shape index (κ2) is 5.48. The number of amides is 1. The van der Waals surface area contributed by atoms with E-state index < -0.39 is 11.7 Å². The van der Waals surface area contributed by atoms with Gasteiger partial charge in [-0.1, -0.05) is 0 Å². The number of rotatable bonds is 3. The second-order valence-corrected chi connectivity index (χ2v) is 4.15. The van der Waals surface area contributed by atoms with Crippen LogP contribution in [0, 0.1) is 12.7 Å². The number of nitrogens with zero attached hydrogens (tertiary/aromatic N) is 1. The zero-order chi connectivity index (χ0) is 13.8. The van der Waals surface area contributed by atoms with Gasteiger partial charge in [0.25, 0.3) is 5.91 Å². The third kappa shape index (κ3) is 3.07. The lowest BCUT2D eigenvalue weighted by Crippen LogP contribution is -2.23. The van der Waals surface area contributed by atoms with Gasteiger partial charge in [0.15, 0.2) is 0 Å². The van der Waals surface area contributed by atoms with Gasteiger partial charge in [-0.25, -0.2) is 4.39 Å². The molecule has 0 spiro atoms. The number of carbonyl (C=O) groups excluding carboxylic acids is 1. The van der Waals surface area contributed by atoms with E-state index >= 15 is 0 Å². The van der Waals surface area contributed by atoms with Crippen molar-refractivity contribution in [3.8, 4) is 5.75 Å². The van der Waals surface area contributed by atoms with E-state index in [9.17, 15) is 14.3 Å². The number of hydrogen-bond donors (Lipinski definition) is 2. The molecule has 2 N–H and O–H groups in total. The number of phenols is 1. The maximum absolute atomic E-state index is 13.0. The standard InChI is InChI=1S/C14H13FN2O2/c1-9-7-16-5-4-10(9)8-17-14(19)12-6-11(15)2-3-13(12)18/h2-7,18H,8H2,1H3,(H,17,19). The molecule has 1 amide bonds. The molecule has 1 heterocycles. The van der Waals surface area contributed by atoms with Gasteiger partial charge in [0, 0.05) is 18.9 Å². The van der Waals surface area contributed by atoms with Crippen LogP contribution in [0.3, 0.4) is 0 Å². The van der Waals surface area contributed by atoms with E-state index in [1.54, 1.807) is 18.5 Å². The number of pyridine rings is 1. The van der Waals surface area contributed by atoms with E-state index in [0.29, 0.717) is 6.54 Å². The molecular weight excluding hydrogens is 247 g/mol. The predicted molar refractivity (Wildman–Crippen MR) is 68.2 cm³/mol. The van der Waals surface area contributed by atoms with Crippen LogP contribution in [0.15, 0.2) is 36.7 Å². The van der Waals surface area contributed by atoms with Crippen molar-refractivity contribution in [1.82, 2.24) is 10.3 Å². The summed E-state index contributed by atoms with van der Waals surface area (Å²) in [6, 6.07) is 5.05. The third-order valence-electron chi connectivity index (χ3n) is 2.78. The Kier molecular flexibility index (Phi) is 3.75. The number of nitrogens with one attached hydrogen (secondary N) is 1. The first kappa shape index (κ1) is 13.0. The largest absolute Gasteiger partial charge is 0.507 e. The van der Waals surface area contributed by atoms with E-state index in [2.05, 4.69) is 10.3 Å². The molecule has 19 heavy (non-hydrogen) atoms. The van der Waals surface area contributed by atoms with Gasteiger partial charge in [0.1, 0.15) is 11.6 Å². The highest BCUT2D eigenvalue weighted by Gasteiger charge is 2.12. The Balaban J connectivity index is 2.10. The molecule has 0 aliphatic rings. The Labute approximate surface area is 109 Å². The van der Waals surface area contributed by atoms with Crippen molar-refractivity contribution in [2.24, 2.45) is 0 Å². The lowest BCUT2D eigenvalue weighted by atomic mass is 10.1. The van der Waals surface area contributed by atoms with Gasteiger partial charge in [-0.3, -0.25) is 9.78 Å². The van der Waals surface area contributed by atoms with E-state index in [-0.39, 0.29) is 11.3 Å². The van der Waals surface area contributed by atoms with Crippen LogP contribution in [0.5, 0.6) is 5.75 Å². The summed E-state index contributed by atoms with van der Waals surface area (Å²) in [5.41, 5.74) is 1.79. The van der Waals surface area contributed by atoms with E-state index in [1.165, 1.54) is 0 Å². The number of carbonyl (C=O) groups is 1.